The highest BCUT2D eigenvalue weighted by molar-refractivity contribution is 8.00. The molecule has 0 fully saturated rings. The number of nitrogens with one attached hydrogen (secondary N) is 1. The smallest absolute Gasteiger partial charge is 0.230 e. The Kier molecular flexibility index (Phi) is 6.40. The van der Waals surface area contributed by atoms with Crippen LogP contribution in [0.25, 0.3) is 0 Å². The summed E-state index contributed by atoms with van der Waals surface area (Å²) in [6.07, 6.45) is 1.65. The van der Waals surface area contributed by atoms with Crippen molar-refractivity contribution in [2.75, 3.05) is 12.4 Å². The molecule has 1 atom stereocenters. The van der Waals surface area contributed by atoms with Crippen molar-refractivity contribution in [3.63, 3.8) is 0 Å². The standard InChI is InChI=1S/C19H24N2O2S/c1-19(2,3)14-7-9-15(10-8-14)24-13-18(23)21-17(12-22)16-6-4-5-11-20-16/h4-11,17,22H,12-13H2,1-3H3,(H,21,23). The molecule has 4 nitrogen and oxygen atoms in total. The van der Waals surface area contributed by atoms with E-state index in [0.29, 0.717) is 11.4 Å². The van der Waals surface area contributed by atoms with Gasteiger partial charge in [-0.15, -0.1) is 11.8 Å². The molecule has 0 saturated heterocycles. The third-order valence-corrected chi connectivity index (χ3v) is 4.66. The van der Waals surface area contributed by atoms with Gasteiger partial charge in [-0.25, -0.2) is 0 Å². The van der Waals surface area contributed by atoms with E-state index in [1.165, 1.54) is 17.3 Å². The Labute approximate surface area is 147 Å². The summed E-state index contributed by atoms with van der Waals surface area (Å²) in [6, 6.07) is 13.2. The maximum Gasteiger partial charge on any atom is 0.230 e. The van der Waals surface area contributed by atoms with Gasteiger partial charge in [-0.2, -0.15) is 0 Å². The molecule has 0 aliphatic carbocycles. The van der Waals surface area contributed by atoms with Crippen molar-refractivity contribution in [1.29, 1.82) is 0 Å². The molecule has 5 heteroatoms. The van der Waals surface area contributed by atoms with Crippen molar-refractivity contribution < 1.29 is 9.90 Å². The van der Waals surface area contributed by atoms with E-state index in [4.69, 9.17) is 0 Å². The van der Waals surface area contributed by atoms with E-state index in [1.54, 1.807) is 18.3 Å². The predicted molar refractivity (Wildman–Crippen MR) is 98.1 cm³/mol. The van der Waals surface area contributed by atoms with E-state index >= 15 is 0 Å². The summed E-state index contributed by atoms with van der Waals surface area (Å²) in [6.45, 7) is 6.35. The minimum absolute atomic E-state index is 0.121. The molecule has 24 heavy (non-hydrogen) atoms. The van der Waals surface area contributed by atoms with Crippen LogP contribution < -0.4 is 5.32 Å². The van der Waals surface area contributed by atoms with E-state index in [9.17, 15) is 9.90 Å². The molecule has 2 aromatic rings. The van der Waals surface area contributed by atoms with E-state index in [-0.39, 0.29) is 17.9 Å². The normalized spacial score (nSPS) is 12.7. The average molecular weight is 344 g/mol. The minimum Gasteiger partial charge on any atom is -0.394 e. The predicted octanol–water partition coefficient (Wildman–Crippen LogP) is 3.32. The molecular weight excluding hydrogens is 320 g/mol. The van der Waals surface area contributed by atoms with Gasteiger partial charge in [0.25, 0.3) is 0 Å². The van der Waals surface area contributed by atoms with Gasteiger partial charge in [-0.1, -0.05) is 39.0 Å². The molecule has 0 bridgehead atoms. The first kappa shape index (κ1) is 18.5. The molecule has 0 radical (unpaired) electrons. The highest BCUT2D eigenvalue weighted by Gasteiger charge is 2.15. The van der Waals surface area contributed by atoms with Crippen molar-refractivity contribution in [2.45, 2.75) is 37.1 Å². The number of thioether (sulfide) groups is 1. The second-order valence-corrected chi connectivity index (χ2v) is 7.67. The lowest BCUT2D eigenvalue weighted by molar-refractivity contribution is -0.119. The minimum atomic E-state index is -0.470. The number of rotatable bonds is 6. The molecule has 2 N–H and O–H groups in total. The Morgan fingerprint density at radius 2 is 1.92 bits per heavy atom. The fourth-order valence-corrected chi connectivity index (χ4v) is 2.94. The molecule has 1 unspecified atom stereocenters. The van der Waals surface area contributed by atoms with E-state index in [0.717, 1.165) is 4.90 Å². The van der Waals surface area contributed by atoms with Gasteiger partial charge >= 0.3 is 0 Å². The van der Waals surface area contributed by atoms with Crippen LogP contribution in [0.3, 0.4) is 0 Å². The summed E-state index contributed by atoms with van der Waals surface area (Å²) in [7, 11) is 0. The highest BCUT2D eigenvalue weighted by atomic mass is 32.2. The highest BCUT2D eigenvalue weighted by Crippen LogP contribution is 2.25. The number of aliphatic hydroxyl groups excluding tert-OH is 1. The number of benzene rings is 1. The molecule has 1 amide bonds. The van der Waals surface area contributed by atoms with Crippen LogP contribution in [0.5, 0.6) is 0 Å². The van der Waals surface area contributed by atoms with Crippen LogP contribution in [-0.2, 0) is 10.2 Å². The first-order valence-electron chi connectivity index (χ1n) is 7.94. The summed E-state index contributed by atoms with van der Waals surface area (Å²) in [5.41, 5.74) is 2.05. The maximum absolute atomic E-state index is 12.1. The Bertz CT molecular complexity index is 651. The number of nitrogens with zero attached hydrogens (tertiary/aromatic N) is 1. The van der Waals surface area contributed by atoms with Crippen LogP contribution in [0.2, 0.25) is 0 Å². The zero-order valence-electron chi connectivity index (χ0n) is 14.3. The van der Waals surface area contributed by atoms with Gasteiger partial charge in [-0.05, 0) is 35.2 Å². The topological polar surface area (TPSA) is 62.2 Å². The average Bonchev–Trinajstić information content (AvgIpc) is 2.58. The van der Waals surface area contributed by atoms with Gasteiger partial charge in [0.05, 0.1) is 24.1 Å². The number of hydrogen-bond acceptors (Lipinski definition) is 4. The van der Waals surface area contributed by atoms with Crippen molar-refractivity contribution in [3.8, 4) is 0 Å². The van der Waals surface area contributed by atoms with Crippen molar-refractivity contribution in [2.24, 2.45) is 0 Å². The molecular formula is C19H24N2O2S. The molecule has 0 aliphatic heterocycles. The van der Waals surface area contributed by atoms with E-state index in [1.807, 2.05) is 18.2 Å². The Morgan fingerprint density at radius 3 is 2.46 bits per heavy atom. The molecule has 2 rings (SSSR count). The number of aromatic nitrogens is 1. The molecule has 0 saturated carbocycles. The van der Waals surface area contributed by atoms with Crippen LogP contribution in [0.4, 0.5) is 0 Å². The number of aliphatic hydroxyl groups is 1. The third kappa shape index (κ3) is 5.35. The van der Waals surface area contributed by atoms with Crippen molar-refractivity contribution in [1.82, 2.24) is 10.3 Å². The molecule has 1 aromatic carbocycles. The monoisotopic (exact) mass is 344 g/mol. The molecule has 1 heterocycles. The number of carbonyl (C=O) groups excluding carboxylic acids is 1. The lowest BCUT2D eigenvalue weighted by Gasteiger charge is -2.19. The number of amides is 1. The number of hydrogen-bond donors (Lipinski definition) is 2. The summed E-state index contributed by atoms with van der Waals surface area (Å²) < 4.78 is 0. The van der Waals surface area contributed by atoms with Crippen molar-refractivity contribution >= 4 is 17.7 Å². The van der Waals surface area contributed by atoms with Gasteiger partial charge in [0, 0.05) is 11.1 Å². The summed E-state index contributed by atoms with van der Waals surface area (Å²) in [5, 5.41) is 12.3. The van der Waals surface area contributed by atoms with Crippen LogP contribution >= 0.6 is 11.8 Å². The van der Waals surface area contributed by atoms with Crippen LogP contribution in [-0.4, -0.2) is 28.4 Å². The van der Waals surface area contributed by atoms with Gasteiger partial charge in [0.15, 0.2) is 0 Å². The second-order valence-electron chi connectivity index (χ2n) is 6.62. The molecule has 0 aliphatic rings. The number of pyridine rings is 1. The summed E-state index contributed by atoms with van der Waals surface area (Å²) in [4.78, 5) is 17.3. The van der Waals surface area contributed by atoms with E-state index < -0.39 is 6.04 Å². The maximum atomic E-state index is 12.1. The fourth-order valence-electron chi connectivity index (χ4n) is 2.23. The van der Waals surface area contributed by atoms with Crippen LogP contribution in [0.15, 0.2) is 53.6 Å². The largest absolute Gasteiger partial charge is 0.394 e. The third-order valence-electron chi connectivity index (χ3n) is 3.65. The lowest BCUT2D eigenvalue weighted by atomic mass is 9.87. The SMILES string of the molecule is CC(C)(C)c1ccc(SCC(=O)NC(CO)c2ccccn2)cc1. The zero-order chi connectivity index (χ0) is 17.6. The van der Waals surface area contributed by atoms with Crippen LogP contribution in [0.1, 0.15) is 38.1 Å². The lowest BCUT2D eigenvalue weighted by Crippen LogP contribution is -2.32. The first-order chi connectivity index (χ1) is 11.4. The molecule has 1 aromatic heterocycles. The van der Waals surface area contributed by atoms with Gasteiger partial charge < -0.3 is 10.4 Å². The Hall–Kier alpha value is -1.85. The fraction of sp³-hybridized carbons (Fsp3) is 0.368. The van der Waals surface area contributed by atoms with Gasteiger partial charge in [0.1, 0.15) is 0 Å². The first-order valence-corrected chi connectivity index (χ1v) is 8.93. The van der Waals surface area contributed by atoms with Crippen molar-refractivity contribution in [3.05, 3.63) is 59.9 Å². The van der Waals surface area contributed by atoms with Gasteiger partial charge in [-0.3, -0.25) is 9.78 Å². The number of carbonyl (C=O) groups is 1. The summed E-state index contributed by atoms with van der Waals surface area (Å²) in [5.74, 6) is 0.183. The Morgan fingerprint density at radius 1 is 1.21 bits per heavy atom. The second kappa shape index (κ2) is 8.31. The Balaban J connectivity index is 1.88. The van der Waals surface area contributed by atoms with Gasteiger partial charge in [0.2, 0.25) is 5.91 Å². The molecule has 0 spiro atoms. The van der Waals surface area contributed by atoms with Crippen LogP contribution in [0, 0.1) is 0 Å². The zero-order valence-corrected chi connectivity index (χ0v) is 15.1. The summed E-state index contributed by atoms with van der Waals surface area (Å²) >= 11 is 1.48. The molecule has 128 valence electrons. The van der Waals surface area contributed by atoms with E-state index in [2.05, 4.69) is 43.2 Å². The quantitative estimate of drug-likeness (QED) is 0.789.